The Labute approximate surface area is 127 Å². The van der Waals surface area contributed by atoms with Crippen molar-refractivity contribution >= 4 is 43.2 Å². The highest BCUT2D eigenvalue weighted by Gasteiger charge is 2.24. The minimum atomic E-state index is -4.09. The first kappa shape index (κ1) is 15.2. The van der Waals surface area contributed by atoms with Crippen LogP contribution in [0.4, 0.5) is 10.1 Å². The quantitative estimate of drug-likeness (QED) is 0.555. The highest BCUT2D eigenvalue weighted by molar-refractivity contribution is 9.10. The Morgan fingerprint density at radius 1 is 1.55 bits per heavy atom. The molecule has 1 aromatic heterocycles. The predicted molar refractivity (Wildman–Crippen MR) is 76.1 cm³/mol. The van der Waals surface area contributed by atoms with Gasteiger partial charge in [0.25, 0.3) is 0 Å². The lowest BCUT2D eigenvalue weighted by atomic mass is 10.3. The van der Waals surface area contributed by atoms with Crippen molar-refractivity contribution in [3.8, 4) is 0 Å². The summed E-state index contributed by atoms with van der Waals surface area (Å²) in [5.41, 5.74) is 5.63. The monoisotopic (exact) mass is 382 g/mol. The zero-order valence-corrected chi connectivity index (χ0v) is 13.0. The van der Waals surface area contributed by atoms with Crippen molar-refractivity contribution in [2.45, 2.75) is 11.4 Å². The van der Waals surface area contributed by atoms with Crippen molar-refractivity contribution in [1.29, 1.82) is 0 Å². The summed E-state index contributed by atoms with van der Waals surface area (Å²) < 4.78 is 40.4. The van der Waals surface area contributed by atoms with E-state index < -0.39 is 20.7 Å². The van der Waals surface area contributed by atoms with E-state index in [2.05, 4.69) is 30.6 Å². The summed E-state index contributed by atoms with van der Waals surface area (Å²) in [6.07, 6.45) is 2.85. The lowest BCUT2D eigenvalue weighted by molar-refractivity contribution is 0.558. The normalized spacial score (nSPS) is 11.8. The summed E-state index contributed by atoms with van der Waals surface area (Å²) in [5, 5.41) is 0.00538. The van der Waals surface area contributed by atoms with Crippen LogP contribution in [0.25, 0.3) is 0 Å². The Hall–Kier alpha value is -1.16. The molecule has 0 spiro atoms. The van der Waals surface area contributed by atoms with Gasteiger partial charge in [0.05, 0.1) is 28.1 Å². The summed E-state index contributed by atoms with van der Waals surface area (Å²) in [4.78, 5) is 5.85. The van der Waals surface area contributed by atoms with Gasteiger partial charge >= 0.3 is 0 Å². The number of anilines is 1. The number of imidazole rings is 1. The van der Waals surface area contributed by atoms with E-state index in [9.17, 15) is 12.8 Å². The number of rotatable bonds is 4. The highest BCUT2D eigenvalue weighted by atomic mass is 79.9. The molecule has 0 fully saturated rings. The minimum Gasteiger partial charge on any atom is -0.395 e. The van der Waals surface area contributed by atoms with E-state index >= 15 is 0 Å². The molecule has 1 heterocycles. The third kappa shape index (κ3) is 2.95. The van der Waals surface area contributed by atoms with E-state index in [1.54, 1.807) is 0 Å². The van der Waals surface area contributed by atoms with Gasteiger partial charge in [0, 0.05) is 11.9 Å². The second kappa shape index (κ2) is 5.68. The fraction of sp³-hybridized carbons (Fsp3) is 0.100. The van der Waals surface area contributed by atoms with Gasteiger partial charge in [-0.3, -0.25) is 0 Å². The molecule has 0 bridgehead atoms. The number of nitrogens with zero attached hydrogens (tertiary/aromatic N) is 1. The molecule has 2 aromatic rings. The van der Waals surface area contributed by atoms with Gasteiger partial charge in [-0.15, -0.1) is 0 Å². The summed E-state index contributed by atoms with van der Waals surface area (Å²) in [7, 11) is -4.09. The topological polar surface area (TPSA) is 101 Å². The van der Waals surface area contributed by atoms with E-state index in [-0.39, 0.29) is 21.7 Å². The largest absolute Gasteiger partial charge is 0.395 e. The number of hydrogen-bond acceptors (Lipinski definition) is 4. The van der Waals surface area contributed by atoms with Crippen LogP contribution in [0.15, 0.2) is 28.0 Å². The third-order valence-electron chi connectivity index (χ3n) is 2.45. The van der Waals surface area contributed by atoms with Crippen LogP contribution < -0.4 is 10.5 Å². The van der Waals surface area contributed by atoms with Gasteiger partial charge in [0.15, 0.2) is 5.82 Å². The van der Waals surface area contributed by atoms with Crippen molar-refractivity contribution in [2.24, 2.45) is 0 Å². The van der Waals surface area contributed by atoms with Crippen molar-refractivity contribution in [1.82, 2.24) is 14.7 Å². The maximum Gasteiger partial charge on any atom is 0.243 e. The molecule has 2 rings (SSSR count). The molecule has 20 heavy (non-hydrogen) atoms. The lowest BCUT2D eigenvalue weighted by Gasteiger charge is -2.10. The van der Waals surface area contributed by atoms with E-state index in [1.165, 1.54) is 12.5 Å². The molecule has 0 aliphatic carbocycles. The van der Waals surface area contributed by atoms with Crippen LogP contribution in [0, 0.1) is 5.82 Å². The number of nitrogens with two attached hydrogens (primary N) is 1. The van der Waals surface area contributed by atoms with Crippen molar-refractivity contribution in [3.63, 3.8) is 0 Å². The first-order valence-corrected chi connectivity index (χ1v) is 7.88. The average Bonchev–Trinajstić information content (AvgIpc) is 2.91. The Balaban J connectivity index is 2.35. The van der Waals surface area contributed by atoms with Crippen LogP contribution >= 0.6 is 27.5 Å². The highest BCUT2D eigenvalue weighted by Crippen LogP contribution is 2.34. The van der Waals surface area contributed by atoms with Gasteiger partial charge in [-0.1, -0.05) is 11.6 Å². The molecule has 0 saturated carbocycles. The van der Waals surface area contributed by atoms with Crippen LogP contribution in [0.1, 0.15) is 5.69 Å². The number of sulfonamides is 1. The zero-order chi connectivity index (χ0) is 14.9. The SMILES string of the molecule is Nc1c(F)c(S(=O)(=O)NCc2cnc[nH]2)cc(Cl)c1Br. The number of aromatic amines is 1. The lowest BCUT2D eigenvalue weighted by Crippen LogP contribution is -2.24. The van der Waals surface area contributed by atoms with Crippen LogP contribution in [0.2, 0.25) is 5.02 Å². The number of benzene rings is 1. The number of aromatic nitrogens is 2. The number of hydrogen-bond donors (Lipinski definition) is 3. The van der Waals surface area contributed by atoms with Crippen molar-refractivity contribution in [2.75, 3.05) is 5.73 Å². The Morgan fingerprint density at radius 3 is 2.85 bits per heavy atom. The van der Waals surface area contributed by atoms with Gasteiger partial charge in [-0.25, -0.2) is 22.5 Å². The molecule has 0 aliphatic rings. The zero-order valence-electron chi connectivity index (χ0n) is 9.82. The third-order valence-corrected chi connectivity index (χ3v) is 5.23. The summed E-state index contributed by atoms with van der Waals surface area (Å²) in [5.74, 6) is -1.06. The maximum atomic E-state index is 14.0. The Morgan fingerprint density at radius 2 is 2.25 bits per heavy atom. The fourth-order valence-electron chi connectivity index (χ4n) is 1.43. The molecule has 0 aliphatic heterocycles. The molecule has 4 N–H and O–H groups in total. The van der Waals surface area contributed by atoms with Crippen LogP contribution in [0.5, 0.6) is 0 Å². The van der Waals surface area contributed by atoms with E-state index in [4.69, 9.17) is 17.3 Å². The molecule has 0 amide bonds. The van der Waals surface area contributed by atoms with Crippen LogP contribution in [-0.2, 0) is 16.6 Å². The van der Waals surface area contributed by atoms with E-state index in [1.807, 2.05) is 0 Å². The summed E-state index contributed by atoms with van der Waals surface area (Å²) >= 11 is 8.77. The van der Waals surface area contributed by atoms with E-state index in [0.717, 1.165) is 6.07 Å². The molecule has 0 saturated heterocycles. The number of nitrogen functional groups attached to an aromatic ring is 1. The number of H-pyrrole nitrogens is 1. The summed E-state index contributed by atoms with van der Waals surface area (Å²) in [6, 6.07) is 0.993. The average molecular weight is 384 g/mol. The molecule has 10 heteroatoms. The standard InChI is InChI=1S/C10H9BrClFN4O2S/c11-8-6(12)1-7(9(13)10(8)14)20(18,19)17-3-5-2-15-4-16-5/h1-2,4,17H,3,14H2,(H,15,16). The Bertz CT molecular complexity index is 736. The maximum absolute atomic E-state index is 14.0. The first-order valence-electron chi connectivity index (χ1n) is 5.23. The molecule has 0 radical (unpaired) electrons. The van der Waals surface area contributed by atoms with Gasteiger partial charge in [0.1, 0.15) is 4.90 Å². The van der Waals surface area contributed by atoms with Gasteiger partial charge in [-0.2, -0.15) is 0 Å². The predicted octanol–water partition coefficient (Wildman–Crippen LogP) is 2.03. The first-order chi connectivity index (χ1) is 9.33. The van der Waals surface area contributed by atoms with Gasteiger partial charge < -0.3 is 10.7 Å². The van der Waals surface area contributed by atoms with Gasteiger partial charge in [0.2, 0.25) is 10.0 Å². The second-order valence-corrected chi connectivity index (χ2v) is 6.74. The molecule has 108 valence electrons. The van der Waals surface area contributed by atoms with Crippen LogP contribution in [0.3, 0.4) is 0 Å². The fourth-order valence-corrected chi connectivity index (χ4v) is 3.11. The second-order valence-electron chi connectivity index (χ2n) is 3.80. The van der Waals surface area contributed by atoms with Crippen molar-refractivity contribution < 1.29 is 12.8 Å². The minimum absolute atomic E-state index is 0.00538. The number of halogens is 3. The molecule has 0 unspecified atom stereocenters. The van der Waals surface area contributed by atoms with Crippen molar-refractivity contribution in [3.05, 3.63) is 39.6 Å². The molecular weight excluding hydrogens is 375 g/mol. The smallest absolute Gasteiger partial charge is 0.243 e. The molecule has 0 atom stereocenters. The number of nitrogens with one attached hydrogen (secondary N) is 2. The molecule has 1 aromatic carbocycles. The molecule has 6 nitrogen and oxygen atoms in total. The van der Waals surface area contributed by atoms with Crippen LogP contribution in [-0.4, -0.2) is 18.4 Å². The Kier molecular flexibility index (Phi) is 4.33. The van der Waals surface area contributed by atoms with Gasteiger partial charge in [-0.05, 0) is 22.0 Å². The summed E-state index contributed by atoms with van der Waals surface area (Å²) in [6.45, 7) is -0.0602. The molecular formula is C10H9BrClFN4O2S. The van der Waals surface area contributed by atoms with E-state index in [0.29, 0.717) is 5.69 Å².